The van der Waals surface area contributed by atoms with Crippen LogP contribution in [0.1, 0.15) is 45.6 Å². The second kappa shape index (κ2) is 14.2. The molecule has 1 aromatic carbocycles. The van der Waals surface area contributed by atoms with Crippen LogP contribution in [0.3, 0.4) is 0 Å². The molecule has 0 spiro atoms. The van der Waals surface area contributed by atoms with Crippen molar-refractivity contribution in [3.63, 3.8) is 0 Å². The first-order valence-electron chi connectivity index (χ1n) is 11.2. The number of nitrogens with two attached hydrogens (primary N) is 2. The molecule has 10 heteroatoms. The van der Waals surface area contributed by atoms with E-state index in [0.29, 0.717) is 19.4 Å². The molecule has 184 valence electrons. The van der Waals surface area contributed by atoms with Crippen molar-refractivity contribution in [3.8, 4) is 0 Å². The third-order valence-electron chi connectivity index (χ3n) is 5.25. The third-order valence-corrected chi connectivity index (χ3v) is 5.25. The lowest BCUT2D eigenvalue weighted by atomic mass is 10.0. The number of rotatable bonds is 14. The SMILES string of the molecule is CC(C)[C@H](N)C(=O)N[C@@H](Cc1ccccc1)C(=O)N[C@@H](C)C(=O)N[C@@H](CCCCN)C(=O)O. The van der Waals surface area contributed by atoms with Crippen LogP contribution in [0.25, 0.3) is 0 Å². The van der Waals surface area contributed by atoms with Crippen LogP contribution < -0.4 is 27.4 Å². The minimum atomic E-state index is -1.16. The van der Waals surface area contributed by atoms with Gasteiger partial charge in [-0.2, -0.15) is 0 Å². The van der Waals surface area contributed by atoms with Gasteiger partial charge in [0.1, 0.15) is 18.1 Å². The van der Waals surface area contributed by atoms with E-state index in [1.807, 2.05) is 30.3 Å². The van der Waals surface area contributed by atoms with Crippen molar-refractivity contribution in [2.24, 2.45) is 17.4 Å². The van der Waals surface area contributed by atoms with E-state index in [2.05, 4.69) is 16.0 Å². The lowest BCUT2D eigenvalue weighted by Gasteiger charge is -2.24. The molecule has 0 bridgehead atoms. The minimum Gasteiger partial charge on any atom is -0.480 e. The Morgan fingerprint density at radius 3 is 2.03 bits per heavy atom. The fourth-order valence-electron chi connectivity index (χ4n) is 3.06. The fourth-order valence-corrected chi connectivity index (χ4v) is 3.06. The summed E-state index contributed by atoms with van der Waals surface area (Å²) < 4.78 is 0. The van der Waals surface area contributed by atoms with E-state index < -0.39 is 47.9 Å². The molecule has 0 aromatic heterocycles. The van der Waals surface area contributed by atoms with Crippen LogP contribution in [0.4, 0.5) is 0 Å². The number of hydrogen-bond donors (Lipinski definition) is 6. The largest absolute Gasteiger partial charge is 0.480 e. The molecule has 0 aliphatic rings. The number of carbonyl (C=O) groups excluding carboxylic acids is 3. The fraction of sp³-hybridized carbons (Fsp3) is 0.565. The topological polar surface area (TPSA) is 177 Å². The van der Waals surface area contributed by atoms with Gasteiger partial charge in [-0.25, -0.2) is 4.79 Å². The molecule has 3 amide bonds. The van der Waals surface area contributed by atoms with Gasteiger partial charge in [0.2, 0.25) is 17.7 Å². The summed E-state index contributed by atoms with van der Waals surface area (Å²) in [6.07, 6.45) is 1.63. The second-order valence-corrected chi connectivity index (χ2v) is 8.43. The molecule has 0 aliphatic heterocycles. The van der Waals surface area contributed by atoms with E-state index in [1.165, 1.54) is 6.92 Å². The van der Waals surface area contributed by atoms with Gasteiger partial charge in [-0.15, -0.1) is 0 Å². The Morgan fingerprint density at radius 2 is 1.48 bits per heavy atom. The number of carbonyl (C=O) groups is 4. The molecule has 8 N–H and O–H groups in total. The maximum atomic E-state index is 12.9. The Hall–Kier alpha value is -2.98. The number of amides is 3. The molecule has 0 radical (unpaired) electrons. The van der Waals surface area contributed by atoms with Crippen LogP contribution in [0.5, 0.6) is 0 Å². The molecule has 1 aromatic rings. The summed E-state index contributed by atoms with van der Waals surface area (Å²) in [5.41, 5.74) is 12.2. The average molecular weight is 464 g/mol. The predicted octanol–water partition coefficient (Wildman–Crippen LogP) is -0.0997. The van der Waals surface area contributed by atoms with Crippen molar-refractivity contribution in [1.82, 2.24) is 16.0 Å². The Balaban J connectivity index is 2.85. The standard InChI is InChI=1S/C23H37N5O5/c1-14(2)19(25)22(31)28-18(13-16-9-5-4-6-10-16)21(30)26-15(3)20(29)27-17(23(32)33)11-7-8-12-24/h4-6,9-10,14-15,17-19H,7-8,11-13,24-25H2,1-3H3,(H,26,30)(H,27,29)(H,28,31)(H,32,33)/t15-,17-,18-,19-/m0/s1. The molecule has 0 aliphatic carbocycles. The van der Waals surface area contributed by atoms with Crippen LogP contribution in [-0.4, -0.2) is 59.5 Å². The van der Waals surface area contributed by atoms with E-state index in [-0.39, 0.29) is 18.8 Å². The van der Waals surface area contributed by atoms with Crippen molar-refractivity contribution < 1.29 is 24.3 Å². The highest BCUT2D eigenvalue weighted by molar-refractivity contribution is 5.94. The van der Waals surface area contributed by atoms with Gasteiger partial charge in [-0.05, 0) is 44.2 Å². The van der Waals surface area contributed by atoms with Crippen molar-refractivity contribution in [3.05, 3.63) is 35.9 Å². The van der Waals surface area contributed by atoms with Gasteiger partial charge in [0.15, 0.2) is 0 Å². The third kappa shape index (κ3) is 10.0. The Labute approximate surface area is 194 Å². The highest BCUT2D eigenvalue weighted by Crippen LogP contribution is 2.06. The summed E-state index contributed by atoms with van der Waals surface area (Å²) in [7, 11) is 0. The number of aliphatic carboxylic acids is 1. The van der Waals surface area contributed by atoms with E-state index in [0.717, 1.165) is 5.56 Å². The molecule has 1 rings (SSSR count). The van der Waals surface area contributed by atoms with Gasteiger partial charge in [-0.1, -0.05) is 44.2 Å². The number of benzene rings is 1. The molecule has 4 atom stereocenters. The van der Waals surface area contributed by atoms with Crippen LogP contribution in [-0.2, 0) is 25.6 Å². The first kappa shape index (κ1) is 28.1. The van der Waals surface area contributed by atoms with Gasteiger partial charge in [0.05, 0.1) is 6.04 Å². The van der Waals surface area contributed by atoms with Gasteiger partial charge < -0.3 is 32.5 Å². The zero-order valence-corrected chi connectivity index (χ0v) is 19.5. The summed E-state index contributed by atoms with van der Waals surface area (Å²) in [6, 6.07) is 5.28. The van der Waals surface area contributed by atoms with Gasteiger partial charge >= 0.3 is 5.97 Å². The van der Waals surface area contributed by atoms with Crippen molar-refractivity contribution in [1.29, 1.82) is 0 Å². The van der Waals surface area contributed by atoms with Gasteiger partial charge in [0, 0.05) is 6.42 Å². The van der Waals surface area contributed by atoms with Crippen molar-refractivity contribution in [2.75, 3.05) is 6.54 Å². The maximum absolute atomic E-state index is 12.9. The van der Waals surface area contributed by atoms with Crippen molar-refractivity contribution in [2.45, 2.75) is 70.6 Å². The summed E-state index contributed by atoms with van der Waals surface area (Å²) in [6.45, 7) is 5.49. The van der Waals surface area contributed by atoms with Crippen LogP contribution in [0, 0.1) is 5.92 Å². The first-order chi connectivity index (χ1) is 15.6. The smallest absolute Gasteiger partial charge is 0.326 e. The molecule has 33 heavy (non-hydrogen) atoms. The molecule has 0 heterocycles. The Morgan fingerprint density at radius 1 is 0.879 bits per heavy atom. The summed E-state index contributed by atoms with van der Waals surface area (Å²) in [5, 5.41) is 17.0. The van der Waals surface area contributed by atoms with Crippen molar-refractivity contribution >= 4 is 23.7 Å². The molecule has 10 nitrogen and oxygen atoms in total. The quantitative estimate of drug-likeness (QED) is 0.209. The van der Waals surface area contributed by atoms with E-state index in [4.69, 9.17) is 11.5 Å². The molecular weight excluding hydrogens is 426 g/mol. The zero-order valence-electron chi connectivity index (χ0n) is 19.5. The highest BCUT2D eigenvalue weighted by Gasteiger charge is 2.29. The Kier molecular flexibility index (Phi) is 12.1. The van der Waals surface area contributed by atoms with E-state index >= 15 is 0 Å². The second-order valence-electron chi connectivity index (χ2n) is 8.43. The summed E-state index contributed by atoms with van der Waals surface area (Å²) >= 11 is 0. The van der Waals surface area contributed by atoms with E-state index in [9.17, 15) is 24.3 Å². The molecule has 0 saturated heterocycles. The zero-order chi connectivity index (χ0) is 25.0. The lowest BCUT2D eigenvalue weighted by Crippen LogP contribution is -2.57. The number of nitrogens with one attached hydrogen (secondary N) is 3. The van der Waals surface area contributed by atoms with Gasteiger partial charge in [0.25, 0.3) is 0 Å². The predicted molar refractivity (Wildman–Crippen MR) is 125 cm³/mol. The van der Waals surface area contributed by atoms with Crippen LogP contribution in [0.2, 0.25) is 0 Å². The van der Waals surface area contributed by atoms with Crippen LogP contribution >= 0.6 is 0 Å². The first-order valence-corrected chi connectivity index (χ1v) is 11.2. The molecule has 0 fully saturated rings. The molecule has 0 unspecified atom stereocenters. The number of carboxylic acids is 1. The number of unbranched alkanes of at least 4 members (excludes halogenated alkanes) is 1. The maximum Gasteiger partial charge on any atom is 0.326 e. The van der Waals surface area contributed by atoms with E-state index in [1.54, 1.807) is 13.8 Å². The highest BCUT2D eigenvalue weighted by atomic mass is 16.4. The van der Waals surface area contributed by atoms with Gasteiger partial charge in [-0.3, -0.25) is 14.4 Å². The molecule has 0 saturated carbocycles. The number of hydrogen-bond acceptors (Lipinski definition) is 6. The Bertz CT molecular complexity index is 787. The average Bonchev–Trinajstić information content (AvgIpc) is 2.77. The monoisotopic (exact) mass is 463 g/mol. The molecular formula is C23H37N5O5. The number of carboxylic acid groups (broad SMARTS) is 1. The lowest BCUT2D eigenvalue weighted by molar-refractivity contribution is -0.142. The summed E-state index contributed by atoms with van der Waals surface area (Å²) in [4.78, 5) is 49.4. The minimum absolute atomic E-state index is 0.123. The van der Waals surface area contributed by atoms with Crippen LogP contribution in [0.15, 0.2) is 30.3 Å². The summed E-state index contributed by atoms with van der Waals surface area (Å²) in [5.74, 6) is -2.95. The normalized spacial score (nSPS) is 14.6.